The van der Waals surface area contributed by atoms with Crippen LogP contribution in [0.4, 0.5) is 0 Å². The molecule has 0 N–H and O–H groups in total. The summed E-state index contributed by atoms with van der Waals surface area (Å²) >= 11 is 3.43. The van der Waals surface area contributed by atoms with Gasteiger partial charge in [-0.05, 0) is 47.3 Å². The van der Waals surface area contributed by atoms with Crippen molar-refractivity contribution in [3.8, 4) is 0 Å². The lowest BCUT2D eigenvalue weighted by Gasteiger charge is -2.12. The quantitative estimate of drug-likeness (QED) is 0.794. The van der Waals surface area contributed by atoms with Crippen LogP contribution in [-0.4, -0.2) is 10.8 Å². The summed E-state index contributed by atoms with van der Waals surface area (Å²) in [5.74, 6) is 0.263. The predicted molar refractivity (Wildman–Crippen MR) is 53.5 cm³/mol. The van der Waals surface area contributed by atoms with E-state index < -0.39 is 0 Å². The largest absolute Gasteiger partial charge is 0.299 e. The number of carbonyl (C=O) groups is 1. The first-order valence-corrected chi connectivity index (χ1v) is 5.07. The van der Waals surface area contributed by atoms with Gasteiger partial charge in [-0.15, -0.1) is 0 Å². The summed E-state index contributed by atoms with van der Waals surface area (Å²) in [5.41, 5.74) is 0.900. The molecule has 68 valence electrons. The van der Waals surface area contributed by atoms with Gasteiger partial charge in [0, 0.05) is 16.9 Å². The van der Waals surface area contributed by atoms with Gasteiger partial charge in [-0.25, -0.2) is 0 Å². The Morgan fingerprint density at radius 2 is 2.31 bits per heavy atom. The zero-order valence-corrected chi connectivity index (χ0v) is 8.97. The first-order chi connectivity index (χ1) is 6.17. The van der Waals surface area contributed by atoms with Crippen molar-refractivity contribution >= 4 is 21.7 Å². The molecule has 0 saturated heterocycles. The molecule has 0 aliphatic heterocycles. The average Bonchev–Trinajstić information content (AvgIpc) is 2.85. The fourth-order valence-corrected chi connectivity index (χ4v) is 2.33. The molecule has 1 aromatic heterocycles. The zero-order valence-electron chi connectivity index (χ0n) is 7.38. The van der Waals surface area contributed by atoms with Gasteiger partial charge < -0.3 is 0 Å². The lowest BCUT2D eigenvalue weighted by molar-refractivity contribution is -0.119. The van der Waals surface area contributed by atoms with E-state index in [2.05, 4.69) is 20.9 Å². The van der Waals surface area contributed by atoms with Crippen LogP contribution in [0.3, 0.4) is 0 Å². The Morgan fingerprint density at radius 3 is 2.77 bits per heavy atom. The van der Waals surface area contributed by atoms with Gasteiger partial charge in [-0.1, -0.05) is 0 Å². The fraction of sp³-hybridized carbons (Fsp3) is 0.400. The summed E-state index contributed by atoms with van der Waals surface area (Å²) in [7, 11) is 0. The van der Waals surface area contributed by atoms with Crippen molar-refractivity contribution < 1.29 is 4.79 Å². The second-order valence-electron chi connectivity index (χ2n) is 3.49. The highest BCUT2D eigenvalue weighted by molar-refractivity contribution is 9.10. The molecule has 2 rings (SSSR count). The Bertz CT molecular complexity index is 358. The summed E-state index contributed by atoms with van der Waals surface area (Å²) < 4.78 is 0.947. The molecule has 3 heteroatoms. The van der Waals surface area contributed by atoms with Crippen molar-refractivity contribution in [2.75, 3.05) is 0 Å². The van der Waals surface area contributed by atoms with Crippen molar-refractivity contribution in [1.29, 1.82) is 0 Å². The molecule has 1 aliphatic rings. The minimum atomic E-state index is -0.193. The Balaban J connectivity index is 2.47. The maximum atomic E-state index is 11.4. The molecule has 1 saturated carbocycles. The fourth-order valence-electron chi connectivity index (χ4n) is 1.70. The van der Waals surface area contributed by atoms with Gasteiger partial charge in [-0.2, -0.15) is 0 Å². The molecule has 0 aromatic carbocycles. The minimum Gasteiger partial charge on any atom is -0.299 e. The maximum Gasteiger partial charge on any atom is 0.140 e. The van der Waals surface area contributed by atoms with E-state index in [0.29, 0.717) is 0 Å². The third-order valence-corrected chi connectivity index (χ3v) is 3.34. The number of hydrogen-bond acceptors (Lipinski definition) is 2. The average molecular weight is 240 g/mol. The Morgan fingerprint density at radius 1 is 1.62 bits per heavy atom. The summed E-state index contributed by atoms with van der Waals surface area (Å²) in [5, 5.41) is 0. The zero-order chi connectivity index (χ0) is 9.47. The van der Waals surface area contributed by atoms with E-state index in [-0.39, 0.29) is 11.2 Å². The van der Waals surface area contributed by atoms with Crippen LogP contribution in [0.15, 0.2) is 22.9 Å². The van der Waals surface area contributed by atoms with Crippen LogP contribution in [0.2, 0.25) is 0 Å². The molecular formula is C10H10BrNO. The highest BCUT2D eigenvalue weighted by Gasteiger charge is 2.49. The molecule has 1 heterocycles. The van der Waals surface area contributed by atoms with Crippen LogP contribution in [0.5, 0.6) is 0 Å². The van der Waals surface area contributed by atoms with Gasteiger partial charge in [0.1, 0.15) is 5.78 Å². The lowest BCUT2D eigenvalue weighted by atomic mass is 9.93. The Kier molecular flexibility index (Phi) is 1.99. The number of rotatable bonds is 2. The molecule has 0 unspecified atom stereocenters. The molecule has 13 heavy (non-hydrogen) atoms. The Hall–Kier alpha value is -0.700. The van der Waals surface area contributed by atoms with Crippen molar-refractivity contribution in [3.63, 3.8) is 0 Å². The van der Waals surface area contributed by atoms with Gasteiger partial charge in [0.15, 0.2) is 0 Å². The minimum absolute atomic E-state index is 0.193. The topological polar surface area (TPSA) is 30.0 Å². The van der Waals surface area contributed by atoms with Gasteiger partial charge in [0.2, 0.25) is 0 Å². The van der Waals surface area contributed by atoms with E-state index in [4.69, 9.17) is 0 Å². The van der Waals surface area contributed by atoms with Crippen molar-refractivity contribution in [2.45, 2.75) is 25.2 Å². The highest BCUT2D eigenvalue weighted by Crippen LogP contribution is 2.50. The molecule has 1 aliphatic carbocycles. The number of pyridine rings is 1. The molecule has 0 radical (unpaired) electrons. The molecule has 1 aromatic rings. The summed E-state index contributed by atoms with van der Waals surface area (Å²) in [6, 6.07) is 1.93. The maximum absolute atomic E-state index is 11.4. The van der Waals surface area contributed by atoms with Gasteiger partial charge >= 0.3 is 0 Å². The summed E-state index contributed by atoms with van der Waals surface area (Å²) in [6.45, 7) is 1.67. The number of halogens is 1. The normalized spacial score (nSPS) is 18.3. The Labute approximate surface area is 85.5 Å². The van der Waals surface area contributed by atoms with Crippen molar-refractivity contribution in [2.24, 2.45) is 0 Å². The van der Waals surface area contributed by atoms with Crippen LogP contribution in [0.1, 0.15) is 25.3 Å². The number of Topliss-reactive ketones (excluding diaryl/α,β-unsaturated/α-hetero) is 1. The molecule has 0 bridgehead atoms. The van der Waals surface area contributed by atoms with Crippen LogP contribution in [-0.2, 0) is 10.2 Å². The monoisotopic (exact) mass is 239 g/mol. The van der Waals surface area contributed by atoms with Gasteiger partial charge in [0.05, 0.1) is 5.41 Å². The standard InChI is InChI=1S/C10H10BrNO/c1-7(13)10(3-4-10)8-2-5-12-6-9(8)11/h2,5-6H,3-4H2,1H3. The van der Waals surface area contributed by atoms with E-state index in [9.17, 15) is 4.79 Å². The smallest absolute Gasteiger partial charge is 0.140 e. The van der Waals surface area contributed by atoms with E-state index in [1.165, 1.54) is 0 Å². The number of hydrogen-bond donors (Lipinski definition) is 0. The van der Waals surface area contributed by atoms with Gasteiger partial charge in [-0.3, -0.25) is 9.78 Å². The first kappa shape index (κ1) is 8.88. The van der Waals surface area contributed by atoms with Gasteiger partial charge in [0.25, 0.3) is 0 Å². The summed E-state index contributed by atoms with van der Waals surface area (Å²) in [6.07, 6.45) is 5.44. The molecule has 0 atom stereocenters. The number of aromatic nitrogens is 1. The lowest BCUT2D eigenvalue weighted by Crippen LogP contribution is -2.17. The number of ketones is 1. The van der Waals surface area contributed by atoms with Crippen LogP contribution >= 0.6 is 15.9 Å². The van der Waals surface area contributed by atoms with E-state index >= 15 is 0 Å². The molecule has 0 spiro atoms. The second-order valence-corrected chi connectivity index (χ2v) is 4.35. The molecule has 2 nitrogen and oxygen atoms in total. The highest BCUT2D eigenvalue weighted by atomic mass is 79.9. The van der Waals surface area contributed by atoms with Crippen molar-refractivity contribution in [3.05, 3.63) is 28.5 Å². The van der Waals surface area contributed by atoms with E-state index in [0.717, 1.165) is 22.9 Å². The van der Waals surface area contributed by atoms with E-state index in [1.807, 2.05) is 6.07 Å². The molecule has 0 amide bonds. The van der Waals surface area contributed by atoms with Crippen molar-refractivity contribution in [1.82, 2.24) is 4.98 Å². The number of carbonyl (C=O) groups excluding carboxylic acids is 1. The summed E-state index contributed by atoms with van der Waals surface area (Å²) in [4.78, 5) is 15.4. The van der Waals surface area contributed by atoms with E-state index in [1.54, 1.807) is 19.3 Å². The SMILES string of the molecule is CC(=O)C1(c2ccncc2Br)CC1. The molecular weight excluding hydrogens is 230 g/mol. The molecule has 1 fully saturated rings. The van der Waals surface area contributed by atoms with Crippen LogP contribution in [0, 0.1) is 0 Å². The third kappa shape index (κ3) is 1.31. The van der Waals surface area contributed by atoms with Crippen LogP contribution < -0.4 is 0 Å². The second kappa shape index (κ2) is 2.91. The van der Waals surface area contributed by atoms with Crippen LogP contribution in [0.25, 0.3) is 0 Å². The third-order valence-electron chi connectivity index (χ3n) is 2.71. The number of nitrogens with zero attached hydrogens (tertiary/aromatic N) is 1. The predicted octanol–water partition coefficient (Wildman–Crippen LogP) is 2.46. The first-order valence-electron chi connectivity index (χ1n) is 4.28.